The first-order valence-electron chi connectivity index (χ1n) is 11.1. The Morgan fingerprint density at radius 1 is 1.13 bits per heavy atom. The summed E-state index contributed by atoms with van der Waals surface area (Å²) in [5.41, 5.74) is 3.18. The number of esters is 1. The van der Waals surface area contributed by atoms with Crippen molar-refractivity contribution < 1.29 is 14.3 Å². The van der Waals surface area contributed by atoms with Gasteiger partial charge in [0.05, 0.1) is 25.7 Å². The highest BCUT2D eigenvalue weighted by atomic mass is 16.5. The summed E-state index contributed by atoms with van der Waals surface area (Å²) < 4.78 is 10.6. The molecule has 2 aliphatic rings. The zero-order valence-corrected chi connectivity index (χ0v) is 18.3. The third kappa shape index (κ3) is 5.25. The van der Waals surface area contributed by atoms with Crippen LogP contribution in [0.1, 0.15) is 25.3 Å². The third-order valence-electron chi connectivity index (χ3n) is 5.86. The van der Waals surface area contributed by atoms with E-state index in [-0.39, 0.29) is 11.9 Å². The lowest BCUT2D eigenvalue weighted by Crippen LogP contribution is -2.37. The van der Waals surface area contributed by atoms with E-state index in [9.17, 15) is 4.79 Å². The molecule has 8 nitrogen and oxygen atoms in total. The van der Waals surface area contributed by atoms with Crippen LogP contribution in [0.25, 0.3) is 0 Å². The summed E-state index contributed by atoms with van der Waals surface area (Å²) in [6.07, 6.45) is 3.42. The number of rotatable bonds is 6. The van der Waals surface area contributed by atoms with Crippen molar-refractivity contribution in [3.05, 3.63) is 36.0 Å². The highest BCUT2D eigenvalue weighted by Crippen LogP contribution is 2.27. The molecular formula is C23H31N5O3. The van der Waals surface area contributed by atoms with E-state index in [1.54, 1.807) is 0 Å². The number of aryl methyl sites for hydroxylation is 1. The Morgan fingerprint density at radius 2 is 1.84 bits per heavy atom. The second-order valence-corrected chi connectivity index (χ2v) is 7.98. The van der Waals surface area contributed by atoms with Gasteiger partial charge in [-0.3, -0.25) is 4.79 Å². The van der Waals surface area contributed by atoms with E-state index < -0.39 is 0 Å². The summed E-state index contributed by atoms with van der Waals surface area (Å²) in [7, 11) is 0. The summed E-state index contributed by atoms with van der Waals surface area (Å²) in [4.78, 5) is 25.8. The van der Waals surface area contributed by atoms with E-state index in [2.05, 4.69) is 44.4 Å². The van der Waals surface area contributed by atoms with Gasteiger partial charge >= 0.3 is 5.97 Å². The van der Waals surface area contributed by atoms with Crippen molar-refractivity contribution in [2.45, 2.75) is 26.7 Å². The number of nitrogens with zero attached hydrogens (tertiary/aromatic N) is 4. The van der Waals surface area contributed by atoms with Crippen molar-refractivity contribution in [3.8, 4) is 0 Å². The summed E-state index contributed by atoms with van der Waals surface area (Å²) in [6.45, 7) is 9.27. The summed E-state index contributed by atoms with van der Waals surface area (Å²) in [5, 5.41) is 3.32. The molecule has 4 rings (SSSR count). The van der Waals surface area contributed by atoms with Crippen LogP contribution < -0.4 is 15.1 Å². The minimum absolute atomic E-state index is 0.0130. The highest BCUT2D eigenvalue weighted by Gasteiger charge is 2.27. The summed E-state index contributed by atoms with van der Waals surface area (Å²) in [5.74, 6) is 1.40. The Hall–Kier alpha value is -2.87. The van der Waals surface area contributed by atoms with Gasteiger partial charge in [0.2, 0.25) is 5.95 Å². The lowest BCUT2D eigenvalue weighted by Gasteiger charge is -2.32. The molecule has 1 aromatic heterocycles. The summed E-state index contributed by atoms with van der Waals surface area (Å²) >= 11 is 0. The van der Waals surface area contributed by atoms with Gasteiger partial charge in [-0.2, -0.15) is 4.98 Å². The van der Waals surface area contributed by atoms with Crippen LogP contribution >= 0.6 is 0 Å². The normalized spacial score (nSPS) is 17.5. The topological polar surface area (TPSA) is 79.8 Å². The SMILES string of the molecule is CCOC(=O)C1CCN(c2nc(Nc3ccc(N4CCOCC4)cc3)ncc2C)CC1. The first-order chi connectivity index (χ1) is 15.1. The smallest absolute Gasteiger partial charge is 0.309 e. The van der Waals surface area contributed by atoms with Crippen LogP contribution in [0.5, 0.6) is 0 Å². The number of carbonyl (C=O) groups excluding carboxylic acids is 1. The van der Waals surface area contributed by atoms with Gasteiger partial charge in [-0.05, 0) is 51.0 Å². The Bertz CT molecular complexity index is 875. The fraction of sp³-hybridized carbons (Fsp3) is 0.522. The predicted octanol–water partition coefficient (Wildman–Crippen LogP) is 3.14. The van der Waals surface area contributed by atoms with Crippen LogP contribution in [-0.4, -0.2) is 61.9 Å². The largest absolute Gasteiger partial charge is 0.466 e. The van der Waals surface area contributed by atoms with Crippen molar-refractivity contribution in [1.29, 1.82) is 0 Å². The molecule has 3 heterocycles. The third-order valence-corrected chi connectivity index (χ3v) is 5.86. The number of hydrogen-bond acceptors (Lipinski definition) is 8. The minimum Gasteiger partial charge on any atom is -0.466 e. The van der Waals surface area contributed by atoms with Crippen molar-refractivity contribution in [2.24, 2.45) is 5.92 Å². The van der Waals surface area contributed by atoms with Gasteiger partial charge in [-0.15, -0.1) is 0 Å². The molecule has 0 unspecified atom stereocenters. The zero-order valence-electron chi connectivity index (χ0n) is 18.3. The first-order valence-corrected chi connectivity index (χ1v) is 11.1. The monoisotopic (exact) mass is 425 g/mol. The van der Waals surface area contributed by atoms with Gasteiger partial charge in [0.15, 0.2) is 0 Å². The van der Waals surface area contributed by atoms with Crippen molar-refractivity contribution in [2.75, 3.05) is 61.1 Å². The average Bonchev–Trinajstić information content (AvgIpc) is 2.82. The maximum absolute atomic E-state index is 12.0. The fourth-order valence-corrected chi connectivity index (χ4v) is 4.11. The molecular weight excluding hydrogens is 394 g/mol. The average molecular weight is 426 g/mol. The molecule has 2 aromatic rings. The highest BCUT2D eigenvalue weighted by molar-refractivity contribution is 5.73. The summed E-state index contributed by atoms with van der Waals surface area (Å²) in [6, 6.07) is 8.34. The minimum atomic E-state index is -0.0792. The Balaban J connectivity index is 1.39. The van der Waals surface area contributed by atoms with Gasteiger partial charge in [-0.25, -0.2) is 4.98 Å². The number of ether oxygens (including phenoxy) is 2. The molecule has 0 bridgehead atoms. The second kappa shape index (κ2) is 9.96. The van der Waals surface area contributed by atoms with Gasteiger partial charge in [0, 0.05) is 49.3 Å². The number of aromatic nitrogens is 2. The molecule has 2 aliphatic heterocycles. The van der Waals surface area contributed by atoms with E-state index in [1.165, 1.54) is 5.69 Å². The number of hydrogen-bond donors (Lipinski definition) is 1. The molecule has 0 aliphatic carbocycles. The second-order valence-electron chi connectivity index (χ2n) is 7.98. The van der Waals surface area contributed by atoms with Crippen LogP contribution in [0, 0.1) is 12.8 Å². The van der Waals surface area contributed by atoms with Crippen molar-refractivity contribution >= 4 is 29.1 Å². The lowest BCUT2D eigenvalue weighted by atomic mass is 9.97. The molecule has 2 saturated heterocycles. The van der Waals surface area contributed by atoms with E-state index in [0.29, 0.717) is 12.6 Å². The molecule has 31 heavy (non-hydrogen) atoms. The predicted molar refractivity (Wildman–Crippen MR) is 121 cm³/mol. The zero-order chi connectivity index (χ0) is 21.6. The van der Waals surface area contributed by atoms with Crippen LogP contribution in [0.15, 0.2) is 30.5 Å². The van der Waals surface area contributed by atoms with Crippen LogP contribution in [0.4, 0.5) is 23.1 Å². The van der Waals surface area contributed by atoms with E-state index in [4.69, 9.17) is 14.5 Å². The molecule has 0 saturated carbocycles. The van der Waals surface area contributed by atoms with Crippen molar-refractivity contribution in [1.82, 2.24) is 9.97 Å². The molecule has 0 atom stereocenters. The van der Waals surface area contributed by atoms with Gasteiger partial charge in [0.25, 0.3) is 0 Å². The molecule has 0 radical (unpaired) electrons. The Morgan fingerprint density at radius 3 is 2.52 bits per heavy atom. The standard InChI is InChI=1S/C23H31N5O3/c1-3-31-22(29)18-8-10-28(11-9-18)21-17(2)16-24-23(26-21)25-19-4-6-20(7-5-19)27-12-14-30-15-13-27/h4-7,16,18H,3,8-15H2,1-2H3,(H,24,25,26). The number of piperidine rings is 1. The van der Waals surface area contributed by atoms with Crippen molar-refractivity contribution in [3.63, 3.8) is 0 Å². The van der Waals surface area contributed by atoms with Gasteiger partial charge in [0.1, 0.15) is 5.82 Å². The van der Waals surface area contributed by atoms with Crippen LogP contribution in [0.2, 0.25) is 0 Å². The van der Waals surface area contributed by atoms with E-state index >= 15 is 0 Å². The number of morpholine rings is 1. The molecule has 8 heteroatoms. The number of anilines is 4. The van der Waals surface area contributed by atoms with E-state index in [0.717, 1.165) is 69.3 Å². The maximum Gasteiger partial charge on any atom is 0.309 e. The molecule has 1 N–H and O–H groups in total. The lowest BCUT2D eigenvalue weighted by molar-refractivity contribution is -0.148. The molecule has 0 spiro atoms. The van der Waals surface area contributed by atoms with Gasteiger partial charge < -0.3 is 24.6 Å². The molecule has 1 aromatic carbocycles. The van der Waals surface area contributed by atoms with Crippen LogP contribution in [0.3, 0.4) is 0 Å². The maximum atomic E-state index is 12.0. The number of nitrogens with one attached hydrogen (secondary N) is 1. The van der Waals surface area contributed by atoms with Crippen LogP contribution in [-0.2, 0) is 14.3 Å². The Labute approximate surface area is 183 Å². The molecule has 0 amide bonds. The molecule has 2 fully saturated rings. The molecule has 166 valence electrons. The Kier molecular flexibility index (Phi) is 6.86. The fourth-order valence-electron chi connectivity index (χ4n) is 4.11. The quantitative estimate of drug-likeness (QED) is 0.707. The number of carbonyl (C=O) groups is 1. The number of benzene rings is 1. The van der Waals surface area contributed by atoms with Gasteiger partial charge in [-0.1, -0.05) is 0 Å². The first kappa shape index (κ1) is 21.4. The van der Waals surface area contributed by atoms with E-state index in [1.807, 2.05) is 20.0 Å².